The van der Waals surface area contributed by atoms with Gasteiger partial charge in [-0.3, -0.25) is 0 Å². The number of hydrogen-bond acceptors (Lipinski definition) is 3. The fraction of sp³-hybridized carbons (Fsp3) is 0.500. The molecule has 0 radical (unpaired) electrons. The monoisotopic (exact) mass is 225 g/mol. The zero-order chi connectivity index (χ0) is 11.8. The minimum atomic E-state index is -0.292. The summed E-state index contributed by atoms with van der Waals surface area (Å²) in [5.41, 5.74) is 6.09. The minimum absolute atomic E-state index is 0.221. The first-order valence-electron chi connectivity index (χ1n) is 5.29. The number of methoxy groups -OCH3 is 2. The van der Waals surface area contributed by atoms with Crippen LogP contribution in [-0.4, -0.2) is 20.8 Å². The molecular formula is C12H16FNO2. The summed E-state index contributed by atoms with van der Waals surface area (Å²) in [7, 11) is 3.04. The van der Waals surface area contributed by atoms with Crippen molar-refractivity contribution in [2.75, 3.05) is 20.8 Å². The molecule has 0 amide bonds. The van der Waals surface area contributed by atoms with E-state index in [0.717, 1.165) is 12.8 Å². The molecule has 4 heteroatoms. The van der Waals surface area contributed by atoms with Crippen molar-refractivity contribution in [1.29, 1.82) is 0 Å². The number of hydrogen-bond donors (Lipinski definition) is 1. The third-order valence-corrected chi connectivity index (χ3v) is 3.26. The molecule has 0 aliphatic heterocycles. The second kappa shape index (κ2) is 3.94. The van der Waals surface area contributed by atoms with Gasteiger partial charge in [0.25, 0.3) is 0 Å². The molecule has 0 aromatic heterocycles. The van der Waals surface area contributed by atoms with Gasteiger partial charge in [0, 0.05) is 29.7 Å². The summed E-state index contributed by atoms with van der Waals surface area (Å²) in [6.45, 7) is 0.451. The molecule has 2 rings (SSSR count). The van der Waals surface area contributed by atoms with E-state index in [0.29, 0.717) is 23.6 Å². The summed E-state index contributed by atoms with van der Waals surface area (Å²) in [5, 5.41) is 0. The Morgan fingerprint density at radius 2 is 2.00 bits per heavy atom. The Morgan fingerprint density at radius 3 is 2.44 bits per heavy atom. The van der Waals surface area contributed by atoms with E-state index < -0.39 is 0 Å². The van der Waals surface area contributed by atoms with Crippen LogP contribution in [0, 0.1) is 5.82 Å². The van der Waals surface area contributed by atoms with Crippen molar-refractivity contribution in [3.8, 4) is 11.5 Å². The molecule has 0 bridgehead atoms. The average molecular weight is 225 g/mol. The zero-order valence-electron chi connectivity index (χ0n) is 9.55. The van der Waals surface area contributed by atoms with Gasteiger partial charge in [-0.25, -0.2) is 4.39 Å². The lowest BCUT2D eigenvalue weighted by atomic mass is 9.94. The number of nitrogens with two attached hydrogens (primary N) is 1. The second-order valence-corrected chi connectivity index (χ2v) is 4.17. The molecule has 0 atom stereocenters. The van der Waals surface area contributed by atoms with Crippen LogP contribution in [0.3, 0.4) is 0 Å². The van der Waals surface area contributed by atoms with Gasteiger partial charge >= 0.3 is 0 Å². The van der Waals surface area contributed by atoms with Gasteiger partial charge in [0.1, 0.15) is 17.3 Å². The standard InChI is InChI=1S/C12H16FNO2/c1-15-8-5-9(13)11(10(6-8)16-2)12(7-14)3-4-12/h5-6H,3-4,7,14H2,1-2H3. The Bertz CT molecular complexity index is 402. The van der Waals surface area contributed by atoms with E-state index in [9.17, 15) is 4.39 Å². The first-order valence-corrected chi connectivity index (χ1v) is 5.29. The average Bonchev–Trinajstić information content (AvgIpc) is 3.08. The summed E-state index contributed by atoms with van der Waals surface area (Å²) in [6.07, 6.45) is 1.84. The number of ether oxygens (including phenoxy) is 2. The van der Waals surface area contributed by atoms with Crippen molar-refractivity contribution in [2.24, 2.45) is 5.73 Å². The third kappa shape index (κ3) is 1.63. The molecule has 88 valence electrons. The highest BCUT2D eigenvalue weighted by Crippen LogP contribution is 2.52. The summed E-state index contributed by atoms with van der Waals surface area (Å²) < 4.78 is 24.2. The highest BCUT2D eigenvalue weighted by atomic mass is 19.1. The molecular weight excluding hydrogens is 209 g/mol. The number of rotatable bonds is 4. The van der Waals surface area contributed by atoms with Crippen LogP contribution in [0.15, 0.2) is 12.1 Å². The molecule has 0 heterocycles. The Morgan fingerprint density at radius 1 is 1.31 bits per heavy atom. The molecule has 1 saturated carbocycles. The Balaban J connectivity index is 2.51. The van der Waals surface area contributed by atoms with Crippen LogP contribution in [-0.2, 0) is 5.41 Å². The Hall–Kier alpha value is -1.29. The van der Waals surface area contributed by atoms with Crippen molar-refractivity contribution in [3.63, 3.8) is 0 Å². The molecule has 16 heavy (non-hydrogen) atoms. The van der Waals surface area contributed by atoms with Gasteiger partial charge in [-0.05, 0) is 12.8 Å². The molecule has 0 saturated heterocycles. The first kappa shape index (κ1) is 11.2. The quantitative estimate of drug-likeness (QED) is 0.850. The van der Waals surface area contributed by atoms with Crippen LogP contribution >= 0.6 is 0 Å². The van der Waals surface area contributed by atoms with Crippen LogP contribution < -0.4 is 15.2 Å². The summed E-state index contributed by atoms with van der Waals surface area (Å²) >= 11 is 0. The van der Waals surface area contributed by atoms with Crippen LogP contribution in [0.1, 0.15) is 18.4 Å². The molecule has 2 N–H and O–H groups in total. The molecule has 1 aliphatic carbocycles. The zero-order valence-corrected chi connectivity index (χ0v) is 9.55. The maximum absolute atomic E-state index is 14.0. The highest BCUT2D eigenvalue weighted by Gasteiger charge is 2.47. The molecule has 1 aromatic carbocycles. The van der Waals surface area contributed by atoms with Crippen LogP contribution in [0.25, 0.3) is 0 Å². The maximum atomic E-state index is 14.0. The lowest BCUT2D eigenvalue weighted by Gasteiger charge is -2.18. The van der Waals surface area contributed by atoms with Gasteiger partial charge in [0.05, 0.1) is 14.2 Å². The molecule has 1 fully saturated rings. The number of benzene rings is 1. The third-order valence-electron chi connectivity index (χ3n) is 3.26. The predicted octanol–water partition coefficient (Wildman–Crippen LogP) is 1.83. The van der Waals surface area contributed by atoms with E-state index in [2.05, 4.69) is 0 Å². The fourth-order valence-electron chi connectivity index (χ4n) is 2.06. The SMILES string of the molecule is COc1cc(F)c(C2(CN)CC2)c(OC)c1. The van der Waals surface area contributed by atoms with Crippen molar-refractivity contribution < 1.29 is 13.9 Å². The van der Waals surface area contributed by atoms with E-state index in [1.165, 1.54) is 20.3 Å². The normalized spacial score (nSPS) is 17.0. The molecule has 0 unspecified atom stereocenters. The van der Waals surface area contributed by atoms with Crippen LogP contribution in [0.4, 0.5) is 4.39 Å². The van der Waals surface area contributed by atoms with Crippen molar-refractivity contribution in [3.05, 3.63) is 23.5 Å². The van der Waals surface area contributed by atoms with E-state index in [1.807, 2.05) is 0 Å². The van der Waals surface area contributed by atoms with Crippen LogP contribution in [0.5, 0.6) is 11.5 Å². The Kier molecular flexibility index (Phi) is 2.76. The van der Waals surface area contributed by atoms with Crippen molar-refractivity contribution >= 4 is 0 Å². The second-order valence-electron chi connectivity index (χ2n) is 4.17. The van der Waals surface area contributed by atoms with Gasteiger partial charge in [0.2, 0.25) is 0 Å². The molecule has 1 aromatic rings. The highest BCUT2D eigenvalue weighted by molar-refractivity contribution is 5.49. The van der Waals surface area contributed by atoms with Gasteiger partial charge in [-0.2, -0.15) is 0 Å². The predicted molar refractivity (Wildman–Crippen MR) is 59.5 cm³/mol. The van der Waals surface area contributed by atoms with Gasteiger partial charge in [-0.1, -0.05) is 0 Å². The summed E-state index contributed by atoms with van der Waals surface area (Å²) in [6, 6.07) is 3.09. The number of halogens is 1. The maximum Gasteiger partial charge on any atom is 0.134 e. The summed E-state index contributed by atoms with van der Waals surface area (Å²) in [4.78, 5) is 0. The first-order chi connectivity index (χ1) is 7.66. The van der Waals surface area contributed by atoms with E-state index in [4.69, 9.17) is 15.2 Å². The Labute approximate surface area is 94.3 Å². The molecule has 3 nitrogen and oxygen atoms in total. The fourth-order valence-corrected chi connectivity index (χ4v) is 2.06. The van der Waals surface area contributed by atoms with Gasteiger partial charge < -0.3 is 15.2 Å². The van der Waals surface area contributed by atoms with Crippen LogP contribution in [0.2, 0.25) is 0 Å². The molecule has 0 spiro atoms. The smallest absolute Gasteiger partial charge is 0.134 e. The van der Waals surface area contributed by atoms with Crippen molar-refractivity contribution in [2.45, 2.75) is 18.3 Å². The topological polar surface area (TPSA) is 44.5 Å². The van der Waals surface area contributed by atoms with E-state index >= 15 is 0 Å². The lowest BCUT2D eigenvalue weighted by Crippen LogP contribution is -2.22. The van der Waals surface area contributed by atoms with Crippen molar-refractivity contribution in [1.82, 2.24) is 0 Å². The largest absolute Gasteiger partial charge is 0.497 e. The van der Waals surface area contributed by atoms with Gasteiger partial charge in [-0.15, -0.1) is 0 Å². The lowest BCUT2D eigenvalue weighted by molar-refractivity contribution is 0.378. The van der Waals surface area contributed by atoms with E-state index in [1.54, 1.807) is 6.07 Å². The van der Waals surface area contributed by atoms with Gasteiger partial charge in [0.15, 0.2) is 0 Å². The molecule has 1 aliphatic rings. The minimum Gasteiger partial charge on any atom is -0.497 e. The van der Waals surface area contributed by atoms with E-state index in [-0.39, 0.29) is 11.2 Å². The summed E-state index contributed by atoms with van der Waals surface area (Å²) in [5.74, 6) is 0.699.